The summed E-state index contributed by atoms with van der Waals surface area (Å²) in [6.45, 7) is 1.58. The zero-order valence-electron chi connectivity index (χ0n) is 10.7. The predicted octanol–water partition coefficient (Wildman–Crippen LogP) is 3.61. The topological polar surface area (TPSA) is 30.5 Å². The fourth-order valence-electron chi connectivity index (χ4n) is 2.05. The summed E-state index contributed by atoms with van der Waals surface area (Å²) in [6, 6.07) is 11.0. The number of ether oxygens (including phenoxy) is 2. The molecule has 0 saturated carbocycles. The van der Waals surface area contributed by atoms with Gasteiger partial charge in [0.1, 0.15) is 5.82 Å². The fourth-order valence-corrected chi connectivity index (χ4v) is 2.30. The molecule has 3 rings (SSSR count). The fraction of sp³-hybridized carbons (Fsp3) is 0.200. The molecular weight excluding hydrogens is 325 g/mol. The van der Waals surface area contributed by atoms with Gasteiger partial charge in [0.25, 0.3) is 0 Å². The van der Waals surface area contributed by atoms with Gasteiger partial charge in [-0.15, -0.1) is 0 Å². The van der Waals surface area contributed by atoms with E-state index in [1.807, 2.05) is 24.3 Å². The summed E-state index contributed by atoms with van der Waals surface area (Å²) < 4.78 is 24.4. The van der Waals surface area contributed by atoms with Crippen LogP contribution in [0.25, 0.3) is 0 Å². The van der Waals surface area contributed by atoms with E-state index in [9.17, 15) is 4.39 Å². The Labute approximate surface area is 124 Å². The van der Waals surface area contributed by atoms with Crippen molar-refractivity contribution < 1.29 is 13.9 Å². The lowest BCUT2D eigenvalue weighted by Crippen LogP contribution is -2.12. The lowest BCUT2D eigenvalue weighted by molar-refractivity contribution is 0.174. The molecule has 104 valence electrons. The van der Waals surface area contributed by atoms with Crippen LogP contribution in [0, 0.1) is 5.82 Å². The molecule has 0 spiro atoms. The van der Waals surface area contributed by atoms with Crippen molar-refractivity contribution in [2.75, 3.05) is 6.79 Å². The summed E-state index contributed by atoms with van der Waals surface area (Å²) in [7, 11) is 0. The second-order valence-electron chi connectivity index (χ2n) is 4.54. The molecule has 1 aliphatic heterocycles. The third-order valence-electron chi connectivity index (χ3n) is 3.08. The molecule has 0 unspecified atom stereocenters. The summed E-state index contributed by atoms with van der Waals surface area (Å²) in [5.74, 6) is 1.31. The van der Waals surface area contributed by atoms with Gasteiger partial charge in [0.2, 0.25) is 6.79 Å². The van der Waals surface area contributed by atoms with Crippen molar-refractivity contribution in [3.8, 4) is 11.5 Å². The molecule has 0 fully saturated rings. The van der Waals surface area contributed by atoms with Gasteiger partial charge in [0.15, 0.2) is 11.5 Å². The van der Waals surface area contributed by atoms with Crippen LogP contribution in [0.4, 0.5) is 4.39 Å². The normalized spacial score (nSPS) is 12.7. The summed E-state index contributed by atoms with van der Waals surface area (Å²) in [5, 5.41) is 3.28. The average Bonchev–Trinajstić information content (AvgIpc) is 2.90. The van der Waals surface area contributed by atoms with Crippen molar-refractivity contribution in [1.82, 2.24) is 5.32 Å². The van der Waals surface area contributed by atoms with Crippen LogP contribution < -0.4 is 14.8 Å². The molecule has 1 heterocycles. The number of halogens is 2. The average molecular weight is 338 g/mol. The van der Waals surface area contributed by atoms with E-state index >= 15 is 0 Å². The molecule has 0 bridgehead atoms. The lowest BCUT2D eigenvalue weighted by atomic mass is 10.2. The molecule has 1 aliphatic rings. The first-order valence-corrected chi connectivity index (χ1v) is 7.05. The quantitative estimate of drug-likeness (QED) is 0.924. The van der Waals surface area contributed by atoms with E-state index in [-0.39, 0.29) is 12.6 Å². The van der Waals surface area contributed by atoms with Crippen LogP contribution in [0.2, 0.25) is 0 Å². The molecule has 0 amide bonds. The van der Waals surface area contributed by atoms with Gasteiger partial charge in [-0.1, -0.05) is 12.1 Å². The maximum atomic E-state index is 13.4. The van der Waals surface area contributed by atoms with Crippen molar-refractivity contribution >= 4 is 15.9 Å². The molecule has 0 saturated heterocycles. The van der Waals surface area contributed by atoms with Crippen LogP contribution in [-0.4, -0.2) is 6.79 Å². The van der Waals surface area contributed by atoms with Crippen LogP contribution in [0.1, 0.15) is 11.1 Å². The largest absolute Gasteiger partial charge is 0.454 e. The molecule has 0 atom stereocenters. The van der Waals surface area contributed by atoms with Gasteiger partial charge in [-0.3, -0.25) is 0 Å². The highest BCUT2D eigenvalue weighted by molar-refractivity contribution is 9.10. The van der Waals surface area contributed by atoms with Crippen LogP contribution in [0.15, 0.2) is 40.9 Å². The molecule has 20 heavy (non-hydrogen) atoms. The Kier molecular flexibility index (Phi) is 3.89. The van der Waals surface area contributed by atoms with Crippen LogP contribution in [0.5, 0.6) is 11.5 Å². The first-order chi connectivity index (χ1) is 9.72. The first-order valence-electron chi connectivity index (χ1n) is 6.25. The van der Waals surface area contributed by atoms with Crippen molar-refractivity contribution in [2.45, 2.75) is 13.1 Å². The van der Waals surface area contributed by atoms with Crippen molar-refractivity contribution in [3.05, 3.63) is 57.8 Å². The maximum absolute atomic E-state index is 13.4. The Bertz CT molecular complexity index is 633. The lowest BCUT2D eigenvalue weighted by Gasteiger charge is -2.07. The van der Waals surface area contributed by atoms with Gasteiger partial charge >= 0.3 is 0 Å². The zero-order chi connectivity index (χ0) is 13.9. The standard InChI is InChI=1S/C15H13BrFNO2/c16-12-3-1-10(5-13(12)17)7-18-8-11-2-4-14-15(6-11)20-9-19-14/h1-6,18H,7-9H2. The summed E-state index contributed by atoms with van der Waals surface area (Å²) >= 11 is 3.14. The highest BCUT2D eigenvalue weighted by Gasteiger charge is 2.12. The SMILES string of the molecule is Fc1cc(CNCc2ccc3c(c2)OCO3)ccc1Br. The minimum atomic E-state index is -0.243. The molecule has 3 nitrogen and oxygen atoms in total. The molecule has 0 aromatic heterocycles. The molecule has 2 aromatic rings. The minimum absolute atomic E-state index is 0.243. The summed E-state index contributed by atoms with van der Waals surface area (Å²) in [5.41, 5.74) is 2.01. The van der Waals surface area contributed by atoms with E-state index in [0.29, 0.717) is 17.6 Å². The third kappa shape index (κ3) is 2.94. The van der Waals surface area contributed by atoms with Gasteiger partial charge in [-0.2, -0.15) is 0 Å². The van der Waals surface area contributed by atoms with Gasteiger partial charge in [0, 0.05) is 13.1 Å². The minimum Gasteiger partial charge on any atom is -0.454 e. The number of nitrogens with one attached hydrogen (secondary N) is 1. The van der Waals surface area contributed by atoms with Crippen molar-refractivity contribution in [3.63, 3.8) is 0 Å². The summed E-state index contributed by atoms with van der Waals surface area (Å²) in [6.07, 6.45) is 0. The van der Waals surface area contributed by atoms with Crippen LogP contribution >= 0.6 is 15.9 Å². The second-order valence-corrected chi connectivity index (χ2v) is 5.39. The van der Waals surface area contributed by atoms with Gasteiger partial charge in [-0.25, -0.2) is 4.39 Å². The van der Waals surface area contributed by atoms with Gasteiger partial charge in [0.05, 0.1) is 4.47 Å². The number of hydrogen-bond donors (Lipinski definition) is 1. The summed E-state index contributed by atoms with van der Waals surface area (Å²) in [4.78, 5) is 0. The molecule has 0 aliphatic carbocycles. The maximum Gasteiger partial charge on any atom is 0.231 e. The number of hydrogen-bond acceptors (Lipinski definition) is 3. The van der Waals surface area contributed by atoms with E-state index in [1.165, 1.54) is 6.07 Å². The van der Waals surface area contributed by atoms with E-state index in [0.717, 1.165) is 22.6 Å². The smallest absolute Gasteiger partial charge is 0.231 e. The number of benzene rings is 2. The Balaban J connectivity index is 1.58. The molecule has 0 radical (unpaired) electrons. The third-order valence-corrected chi connectivity index (χ3v) is 3.72. The molecular formula is C15H13BrFNO2. The van der Waals surface area contributed by atoms with E-state index in [4.69, 9.17) is 9.47 Å². The van der Waals surface area contributed by atoms with E-state index < -0.39 is 0 Å². The van der Waals surface area contributed by atoms with Gasteiger partial charge in [-0.05, 0) is 51.3 Å². The van der Waals surface area contributed by atoms with E-state index in [1.54, 1.807) is 6.07 Å². The molecule has 2 aromatic carbocycles. The van der Waals surface area contributed by atoms with E-state index in [2.05, 4.69) is 21.2 Å². The molecule has 1 N–H and O–H groups in total. The van der Waals surface area contributed by atoms with Crippen molar-refractivity contribution in [1.29, 1.82) is 0 Å². The monoisotopic (exact) mass is 337 g/mol. The number of fused-ring (bicyclic) bond motifs is 1. The van der Waals surface area contributed by atoms with Gasteiger partial charge < -0.3 is 14.8 Å². The van der Waals surface area contributed by atoms with Crippen LogP contribution in [-0.2, 0) is 13.1 Å². The Morgan fingerprint density at radius 3 is 2.50 bits per heavy atom. The highest BCUT2D eigenvalue weighted by atomic mass is 79.9. The number of rotatable bonds is 4. The molecule has 5 heteroatoms. The Hall–Kier alpha value is -1.59. The zero-order valence-corrected chi connectivity index (χ0v) is 12.2. The van der Waals surface area contributed by atoms with Crippen molar-refractivity contribution in [2.24, 2.45) is 0 Å². The Morgan fingerprint density at radius 2 is 1.70 bits per heavy atom. The predicted molar refractivity (Wildman–Crippen MR) is 77.2 cm³/mol. The highest BCUT2D eigenvalue weighted by Crippen LogP contribution is 2.32. The van der Waals surface area contributed by atoms with Crippen LogP contribution in [0.3, 0.4) is 0 Å². The first kappa shape index (κ1) is 13.4. The Morgan fingerprint density at radius 1 is 1.00 bits per heavy atom. The second kappa shape index (κ2) is 5.81.